The lowest BCUT2D eigenvalue weighted by molar-refractivity contribution is 0.0949. The maximum absolute atomic E-state index is 12.3. The van der Waals surface area contributed by atoms with Crippen LogP contribution in [0.4, 0.5) is 5.82 Å². The lowest BCUT2D eigenvalue weighted by Gasteiger charge is -2.29. The van der Waals surface area contributed by atoms with Gasteiger partial charge in [0.1, 0.15) is 5.82 Å². The first-order valence-electron chi connectivity index (χ1n) is 6.68. The largest absolute Gasteiger partial charge is 0.372 e. The first-order valence-corrected chi connectivity index (χ1v) is 8.70. The third-order valence-corrected chi connectivity index (χ3v) is 5.65. The third-order valence-electron chi connectivity index (χ3n) is 3.63. The van der Waals surface area contributed by atoms with Crippen molar-refractivity contribution >= 4 is 39.4 Å². The lowest BCUT2D eigenvalue weighted by Crippen LogP contribution is -2.39. The van der Waals surface area contributed by atoms with E-state index in [1.54, 1.807) is 19.3 Å². The van der Waals surface area contributed by atoms with Gasteiger partial charge in [-0.1, -0.05) is 13.8 Å². The zero-order chi connectivity index (χ0) is 15.2. The Labute approximate surface area is 133 Å². The minimum absolute atomic E-state index is 0.0940. The van der Waals surface area contributed by atoms with Crippen LogP contribution in [0.5, 0.6) is 0 Å². The van der Waals surface area contributed by atoms with Gasteiger partial charge in [-0.2, -0.15) is 11.8 Å². The van der Waals surface area contributed by atoms with Gasteiger partial charge in [-0.05, 0) is 41.1 Å². The van der Waals surface area contributed by atoms with Crippen LogP contribution < -0.4 is 10.6 Å². The Bertz CT molecular complexity index is 455. The molecule has 0 aliphatic heterocycles. The number of pyridine rings is 1. The summed E-state index contributed by atoms with van der Waals surface area (Å²) in [6.45, 7) is 4.98. The quantitative estimate of drug-likeness (QED) is 0.781. The zero-order valence-corrected chi connectivity index (χ0v) is 14.8. The van der Waals surface area contributed by atoms with Crippen LogP contribution in [-0.4, -0.2) is 35.5 Å². The minimum atomic E-state index is -0.0940. The average molecular weight is 360 g/mol. The number of nitrogens with zero attached hydrogens (tertiary/aromatic N) is 1. The van der Waals surface area contributed by atoms with Crippen LogP contribution in [0.2, 0.25) is 0 Å². The van der Waals surface area contributed by atoms with E-state index >= 15 is 0 Å². The van der Waals surface area contributed by atoms with Crippen LogP contribution in [0.25, 0.3) is 0 Å². The second-order valence-corrected chi connectivity index (χ2v) is 6.77. The van der Waals surface area contributed by atoms with E-state index in [9.17, 15) is 4.79 Å². The summed E-state index contributed by atoms with van der Waals surface area (Å²) in [5.74, 6) is 0.497. The lowest BCUT2D eigenvalue weighted by atomic mass is 10.0. The van der Waals surface area contributed by atoms with Crippen LogP contribution >= 0.6 is 27.7 Å². The molecule has 0 radical (unpaired) electrons. The number of rotatable bonds is 7. The summed E-state index contributed by atoms with van der Waals surface area (Å²) < 4.78 is 0.901. The van der Waals surface area contributed by atoms with Crippen molar-refractivity contribution in [2.45, 2.75) is 31.4 Å². The molecule has 6 heteroatoms. The SMILES string of the molecule is CCC(CC)(CNC(=O)c1cc(Br)cnc1NC)SC. The number of thioether (sulfide) groups is 1. The molecule has 0 saturated heterocycles. The molecule has 1 aromatic rings. The van der Waals surface area contributed by atoms with Crippen molar-refractivity contribution in [3.63, 3.8) is 0 Å². The molecule has 0 bridgehead atoms. The second-order valence-electron chi connectivity index (χ2n) is 4.58. The van der Waals surface area contributed by atoms with E-state index in [1.165, 1.54) is 0 Å². The van der Waals surface area contributed by atoms with Gasteiger partial charge < -0.3 is 10.6 Å². The Morgan fingerprint density at radius 2 is 2.10 bits per heavy atom. The van der Waals surface area contributed by atoms with Gasteiger partial charge in [-0.3, -0.25) is 4.79 Å². The van der Waals surface area contributed by atoms with Gasteiger partial charge in [0.25, 0.3) is 5.91 Å². The molecule has 1 heterocycles. The van der Waals surface area contributed by atoms with Crippen molar-refractivity contribution in [3.8, 4) is 0 Å². The fourth-order valence-corrected chi connectivity index (χ4v) is 3.13. The first-order chi connectivity index (χ1) is 9.51. The van der Waals surface area contributed by atoms with Crippen molar-refractivity contribution in [1.29, 1.82) is 0 Å². The van der Waals surface area contributed by atoms with Crippen molar-refractivity contribution in [3.05, 3.63) is 22.3 Å². The third kappa shape index (κ3) is 4.12. The minimum Gasteiger partial charge on any atom is -0.372 e. The topological polar surface area (TPSA) is 54.0 Å². The smallest absolute Gasteiger partial charge is 0.255 e. The normalized spacial score (nSPS) is 11.2. The Morgan fingerprint density at radius 1 is 1.45 bits per heavy atom. The van der Waals surface area contributed by atoms with Crippen molar-refractivity contribution in [2.75, 3.05) is 25.2 Å². The summed E-state index contributed by atoms with van der Waals surface area (Å²) >= 11 is 5.16. The Hall–Kier alpha value is -0.750. The maximum Gasteiger partial charge on any atom is 0.255 e. The molecule has 0 atom stereocenters. The molecule has 0 spiro atoms. The van der Waals surface area contributed by atoms with Gasteiger partial charge in [0, 0.05) is 29.0 Å². The number of halogens is 1. The van der Waals surface area contributed by atoms with E-state index in [0.717, 1.165) is 17.3 Å². The number of amides is 1. The molecule has 1 amide bonds. The predicted molar refractivity (Wildman–Crippen MR) is 90.6 cm³/mol. The summed E-state index contributed by atoms with van der Waals surface area (Å²) in [6, 6.07) is 1.78. The van der Waals surface area contributed by atoms with Gasteiger partial charge in [0.15, 0.2) is 0 Å². The monoisotopic (exact) mass is 359 g/mol. The van der Waals surface area contributed by atoms with Gasteiger partial charge in [-0.15, -0.1) is 0 Å². The van der Waals surface area contributed by atoms with E-state index in [-0.39, 0.29) is 10.7 Å². The van der Waals surface area contributed by atoms with Crippen LogP contribution in [0.15, 0.2) is 16.7 Å². The summed E-state index contributed by atoms with van der Waals surface area (Å²) in [7, 11) is 1.76. The molecule has 4 nitrogen and oxygen atoms in total. The summed E-state index contributed by atoms with van der Waals surface area (Å²) in [6.07, 6.45) is 5.83. The number of hydrogen-bond donors (Lipinski definition) is 2. The van der Waals surface area contributed by atoms with Crippen molar-refractivity contribution in [1.82, 2.24) is 10.3 Å². The highest BCUT2D eigenvalue weighted by atomic mass is 79.9. The number of carbonyl (C=O) groups is 1. The number of aromatic nitrogens is 1. The molecule has 112 valence electrons. The zero-order valence-electron chi connectivity index (χ0n) is 12.4. The standard InChI is InChI=1S/C14H22BrN3OS/c1-5-14(6-2,20-4)9-18-13(19)11-7-10(15)8-17-12(11)16-3/h7-8H,5-6,9H2,1-4H3,(H,16,17)(H,18,19). The van der Waals surface area contributed by atoms with Crippen LogP contribution in [-0.2, 0) is 0 Å². The van der Waals surface area contributed by atoms with E-state index < -0.39 is 0 Å². The summed E-state index contributed by atoms with van der Waals surface area (Å²) in [4.78, 5) is 16.5. The van der Waals surface area contributed by atoms with Gasteiger partial charge in [0.2, 0.25) is 0 Å². The fraction of sp³-hybridized carbons (Fsp3) is 0.571. The second kappa shape index (κ2) is 7.88. The van der Waals surface area contributed by atoms with Crippen LogP contribution in [0, 0.1) is 0 Å². The Morgan fingerprint density at radius 3 is 2.60 bits per heavy atom. The molecule has 0 unspecified atom stereocenters. The van der Waals surface area contributed by atoms with E-state index in [0.29, 0.717) is 17.9 Å². The van der Waals surface area contributed by atoms with Crippen LogP contribution in [0.1, 0.15) is 37.0 Å². The number of carbonyl (C=O) groups excluding carboxylic acids is 1. The fourth-order valence-electron chi connectivity index (χ4n) is 2.01. The highest BCUT2D eigenvalue weighted by Gasteiger charge is 2.26. The highest BCUT2D eigenvalue weighted by Crippen LogP contribution is 2.29. The van der Waals surface area contributed by atoms with E-state index in [4.69, 9.17) is 0 Å². The highest BCUT2D eigenvalue weighted by molar-refractivity contribution is 9.10. The van der Waals surface area contributed by atoms with Crippen molar-refractivity contribution < 1.29 is 4.79 Å². The van der Waals surface area contributed by atoms with Gasteiger partial charge in [0.05, 0.1) is 5.56 Å². The molecular weight excluding hydrogens is 338 g/mol. The molecule has 1 rings (SSSR count). The molecular formula is C14H22BrN3OS. The Balaban J connectivity index is 2.84. The van der Waals surface area contributed by atoms with E-state index in [2.05, 4.69) is 51.7 Å². The first kappa shape index (κ1) is 17.3. The molecule has 0 aromatic carbocycles. The molecule has 0 aliphatic carbocycles. The Kier molecular flexibility index (Phi) is 6.82. The van der Waals surface area contributed by atoms with Crippen molar-refractivity contribution in [2.24, 2.45) is 0 Å². The summed E-state index contributed by atoms with van der Waals surface area (Å²) in [5.41, 5.74) is 0.559. The maximum atomic E-state index is 12.3. The number of hydrogen-bond acceptors (Lipinski definition) is 4. The molecule has 0 aliphatic rings. The van der Waals surface area contributed by atoms with Gasteiger partial charge >= 0.3 is 0 Å². The average Bonchev–Trinajstić information content (AvgIpc) is 2.49. The molecule has 1 aromatic heterocycles. The van der Waals surface area contributed by atoms with E-state index in [1.807, 2.05) is 11.8 Å². The molecule has 20 heavy (non-hydrogen) atoms. The molecule has 2 N–H and O–H groups in total. The van der Waals surface area contributed by atoms with Crippen LogP contribution in [0.3, 0.4) is 0 Å². The summed E-state index contributed by atoms with van der Waals surface area (Å²) in [5, 5.41) is 5.98. The number of anilines is 1. The molecule has 0 saturated carbocycles. The number of nitrogens with one attached hydrogen (secondary N) is 2. The predicted octanol–water partition coefficient (Wildman–Crippen LogP) is 3.54. The molecule has 0 fully saturated rings. The van der Waals surface area contributed by atoms with Gasteiger partial charge in [-0.25, -0.2) is 4.98 Å².